The van der Waals surface area contributed by atoms with Crippen LogP contribution in [0.1, 0.15) is 252 Å². The van der Waals surface area contributed by atoms with Crippen LogP contribution in [-0.2, 0) is 28.6 Å². The first-order chi connectivity index (χ1) is 31.0. The first-order valence-corrected chi connectivity index (χ1v) is 26.4. The van der Waals surface area contributed by atoms with Gasteiger partial charge in [-0.1, -0.05) is 229 Å². The summed E-state index contributed by atoms with van der Waals surface area (Å²) in [4.78, 5) is 37.9. The van der Waals surface area contributed by atoms with Crippen LogP contribution in [0.3, 0.4) is 0 Å². The van der Waals surface area contributed by atoms with Gasteiger partial charge in [0.05, 0.1) is 0 Å². The Morgan fingerprint density at radius 1 is 0.317 bits per heavy atom. The fourth-order valence-corrected chi connectivity index (χ4v) is 7.19. The number of allylic oxidation sites excluding steroid dienone is 12. The van der Waals surface area contributed by atoms with Gasteiger partial charge in [0.15, 0.2) is 6.10 Å². The molecule has 6 heteroatoms. The number of esters is 3. The number of carbonyl (C=O) groups is 3. The Morgan fingerprint density at radius 3 is 1.06 bits per heavy atom. The molecule has 0 saturated heterocycles. The second-order valence-electron chi connectivity index (χ2n) is 17.4. The summed E-state index contributed by atoms with van der Waals surface area (Å²) in [5.41, 5.74) is 0. The largest absolute Gasteiger partial charge is 0.462 e. The lowest BCUT2D eigenvalue weighted by atomic mass is 10.0. The fraction of sp³-hybridized carbons (Fsp3) is 0.737. The van der Waals surface area contributed by atoms with E-state index in [4.69, 9.17) is 14.2 Å². The zero-order valence-corrected chi connectivity index (χ0v) is 41.3. The Morgan fingerprint density at radius 2 is 0.619 bits per heavy atom. The van der Waals surface area contributed by atoms with E-state index in [-0.39, 0.29) is 44.0 Å². The number of hydrogen-bond acceptors (Lipinski definition) is 6. The van der Waals surface area contributed by atoms with E-state index in [0.29, 0.717) is 19.3 Å². The minimum Gasteiger partial charge on any atom is -0.462 e. The lowest BCUT2D eigenvalue weighted by Crippen LogP contribution is -2.30. The van der Waals surface area contributed by atoms with Gasteiger partial charge in [-0.3, -0.25) is 14.4 Å². The summed E-state index contributed by atoms with van der Waals surface area (Å²) in [7, 11) is 0. The highest BCUT2D eigenvalue weighted by atomic mass is 16.6. The third-order valence-electron chi connectivity index (χ3n) is 11.2. The van der Waals surface area contributed by atoms with Gasteiger partial charge in [-0.25, -0.2) is 0 Å². The average Bonchev–Trinajstić information content (AvgIpc) is 3.28. The molecule has 0 fully saturated rings. The van der Waals surface area contributed by atoms with E-state index in [1.807, 2.05) is 6.08 Å². The maximum absolute atomic E-state index is 12.8. The van der Waals surface area contributed by atoms with Gasteiger partial charge in [-0.05, 0) is 77.0 Å². The molecule has 0 aliphatic rings. The SMILES string of the molecule is CCCCC/C=C\C/C=C\C/C=C\C/C=C\CCCC(=O)OCC(COC(=O)CC/C=C\C/C=C\CCCCCCCC)OC(=O)CCCCCCCCCCCCCCCCC. The van der Waals surface area contributed by atoms with Gasteiger partial charge >= 0.3 is 17.9 Å². The van der Waals surface area contributed by atoms with E-state index in [1.54, 1.807) is 0 Å². The van der Waals surface area contributed by atoms with E-state index >= 15 is 0 Å². The van der Waals surface area contributed by atoms with Gasteiger partial charge in [0.25, 0.3) is 0 Å². The van der Waals surface area contributed by atoms with Crippen LogP contribution in [0.5, 0.6) is 0 Å². The molecule has 0 radical (unpaired) electrons. The Labute approximate surface area is 389 Å². The normalized spacial score (nSPS) is 12.6. The topological polar surface area (TPSA) is 78.9 Å². The Kier molecular flexibility index (Phi) is 48.9. The Hall–Kier alpha value is -3.15. The van der Waals surface area contributed by atoms with E-state index < -0.39 is 6.10 Å². The van der Waals surface area contributed by atoms with Gasteiger partial charge in [0.2, 0.25) is 0 Å². The second kappa shape index (κ2) is 51.5. The molecule has 1 atom stereocenters. The summed E-state index contributed by atoms with van der Waals surface area (Å²) in [5, 5.41) is 0. The maximum atomic E-state index is 12.8. The molecule has 0 spiro atoms. The molecule has 0 bridgehead atoms. The summed E-state index contributed by atoms with van der Waals surface area (Å²) in [6.07, 6.45) is 64.7. The molecule has 1 unspecified atom stereocenters. The van der Waals surface area contributed by atoms with Gasteiger partial charge in [-0.2, -0.15) is 0 Å². The zero-order chi connectivity index (χ0) is 45.8. The molecule has 0 aromatic carbocycles. The van der Waals surface area contributed by atoms with Crippen LogP contribution < -0.4 is 0 Å². The summed E-state index contributed by atoms with van der Waals surface area (Å²) in [6, 6.07) is 0. The third-order valence-corrected chi connectivity index (χ3v) is 11.2. The van der Waals surface area contributed by atoms with Crippen LogP contribution in [0.4, 0.5) is 0 Å². The van der Waals surface area contributed by atoms with Crippen molar-refractivity contribution in [1.29, 1.82) is 0 Å². The number of rotatable bonds is 47. The second-order valence-corrected chi connectivity index (χ2v) is 17.4. The molecule has 0 saturated carbocycles. The van der Waals surface area contributed by atoms with Crippen molar-refractivity contribution in [2.45, 2.75) is 258 Å². The molecule has 0 heterocycles. The van der Waals surface area contributed by atoms with Crippen molar-refractivity contribution in [3.8, 4) is 0 Å². The van der Waals surface area contributed by atoms with Crippen LogP contribution in [0, 0.1) is 0 Å². The maximum Gasteiger partial charge on any atom is 0.306 e. The van der Waals surface area contributed by atoms with Crippen LogP contribution in [0.2, 0.25) is 0 Å². The first-order valence-electron chi connectivity index (χ1n) is 26.4. The summed E-state index contributed by atoms with van der Waals surface area (Å²) in [5.74, 6) is -1.03. The van der Waals surface area contributed by atoms with Crippen molar-refractivity contribution in [1.82, 2.24) is 0 Å². The highest BCUT2D eigenvalue weighted by Crippen LogP contribution is 2.15. The molecule has 0 aliphatic carbocycles. The van der Waals surface area contributed by atoms with Gasteiger partial charge in [-0.15, -0.1) is 0 Å². The number of unbranched alkanes of at least 4 members (excludes halogenated alkanes) is 24. The number of ether oxygens (including phenoxy) is 3. The Bertz CT molecular complexity index is 1190. The molecule has 6 nitrogen and oxygen atoms in total. The minimum atomic E-state index is -0.817. The van der Waals surface area contributed by atoms with Crippen molar-refractivity contribution >= 4 is 17.9 Å². The summed E-state index contributed by atoms with van der Waals surface area (Å²) in [6.45, 7) is 6.51. The van der Waals surface area contributed by atoms with Crippen LogP contribution >= 0.6 is 0 Å². The standard InChI is InChI=1S/C57H98O6/c1-4-7-10-13-16-19-22-25-27-28-30-32-35-38-41-44-47-50-56(59)62-53-54(52-61-55(58)49-46-43-40-37-34-31-24-21-18-15-12-9-6-3)63-57(60)51-48-45-42-39-36-33-29-26-23-20-17-14-11-8-5-2/h16,19,25,27,30-32,34,38,40-41,43,54H,4-15,17-18,20-24,26,28-29,33,35-37,39,42,44-53H2,1-3H3/b19-16-,27-25-,32-30-,34-31-,41-38-,43-40-. The summed E-state index contributed by atoms with van der Waals surface area (Å²) < 4.78 is 16.7. The van der Waals surface area contributed by atoms with Crippen LogP contribution in [0.15, 0.2) is 72.9 Å². The molecular formula is C57H98O6. The van der Waals surface area contributed by atoms with Gasteiger partial charge in [0, 0.05) is 19.3 Å². The zero-order valence-electron chi connectivity index (χ0n) is 41.3. The number of hydrogen-bond donors (Lipinski definition) is 0. The van der Waals surface area contributed by atoms with Crippen LogP contribution in [-0.4, -0.2) is 37.2 Å². The molecule has 63 heavy (non-hydrogen) atoms. The van der Waals surface area contributed by atoms with E-state index in [9.17, 15) is 14.4 Å². The lowest BCUT2D eigenvalue weighted by molar-refractivity contribution is -0.166. The Balaban J connectivity index is 4.51. The highest BCUT2D eigenvalue weighted by Gasteiger charge is 2.19. The van der Waals surface area contributed by atoms with Crippen molar-refractivity contribution < 1.29 is 28.6 Å². The highest BCUT2D eigenvalue weighted by molar-refractivity contribution is 5.71. The number of carbonyl (C=O) groups excluding carboxylic acids is 3. The molecular weight excluding hydrogens is 781 g/mol. The van der Waals surface area contributed by atoms with Gasteiger partial charge < -0.3 is 14.2 Å². The van der Waals surface area contributed by atoms with Crippen molar-refractivity contribution in [3.63, 3.8) is 0 Å². The van der Waals surface area contributed by atoms with E-state index in [1.165, 1.54) is 141 Å². The van der Waals surface area contributed by atoms with Crippen molar-refractivity contribution in [2.24, 2.45) is 0 Å². The molecule has 0 amide bonds. The minimum absolute atomic E-state index is 0.119. The summed E-state index contributed by atoms with van der Waals surface area (Å²) >= 11 is 0. The van der Waals surface area contributed by atoms with Crippen molar-refractivity contribution in [3.05, 3.63) is 72.9 Å². The van der Waals surface area contributed by atoms with Crippen molar-refractivity contribution in [2.75, 3.05) is 13.2 Å². The molecule has 0 aromatic heterocycles. The predicted octanol–water partition coefficient (Wildman–Crippen LogP) is 17.4. The predicted molar refractivity (Wildman–Crippen MR) is 270 cm³/mol. The van der Waals surface area contributed by atoms with Gasteiger partial charge in [0.1, 0.15) is 13.2 Å². The third kappa shape index (κ3) is 49.7. The van der Waals surface area contributed by atoms with Crippen LogP contribution in [0.25, 0.3) is 0 Å². The molecule has 0 N–H and O–H groups in total. The quantitative estimate of drug-likeness (QED) is 0.0262. The lowest BCUT2D eigenvalue weighted by Gasteiger charge is -2.18. The van der Waals surface area contributed by atoms with E-state index in [0.717, 1.165) is 57.8 Å². The first kappa shape index (κ1) is 59.9. The smallest absolute Gasteiger partial charge is 0.306 e. The molecule has 0 rings (SSSR count). The van der Waals surface area contributed by atoms with E-state index in [2.05, 4.69) is 87.6 Å². The fourth-order valence-electron chi connectivity index (χ4n) is 7.19. The monoisotopic (exact) mass is 879 g/mol. The molecule has 362 valence electrons. The average molecular weight is 879 g/mol. The molecule has 0 aliphatic heterocycles. The molecule has 0 aromatic rings.